The van der Waals surface area contributed by atoms with Gasteiger partial charge >= 0.3 is 0 Å². The molecule has 0 aliphatic heterocycles. The summed E-state index contributed by atoms with van der Waals surface area (Å²) in [5, 5.41) is 9.30. The molecule has 0 radical (unpaired) electrons. The van der Waals surface area contributed by atoms with Crippen molar-refractivity contribution in [3.63, 3.8) is 0 Å². The first-order valence-electron chi connectivity index (χ1n) is 4.36. The van der Waals surface area contributed by atoms with Gasteiger partial charge in [0.1, 0.15) is 11.6 Å². The number of benzene rings is 1. The maximum absolute atomic E-state index is 13.4. The monoisotopic (exact) mass is 264 g/mol. The maximum Gasteiger partial charge on any atom is 0.143 e. The van der Waals surface area contributed by atoms with Gasteiger partial charge in [-0.15, -0.1) is 0 Å². The molecule has 4 heteroatoms. The Morgan fingerprint density at radius 2 is 2.07 bits per heavy atom. The second-order valence-corrected chi connectivity index (χ2v) is 3.94. The first kappa shape index (κ1) is 11.6. The summed E-state index contributed by atoms with van der Waals surface area (Å²) in [5.74, 6) is -1.24. The second-order valence-electron chi connectivity index (χ2n) is 3.09. The van der Waals surface area contributed by atoms with Crippen LogP contribution in [0.1, 0.15) is 18.9 Å². The van der Waals surface area contributed by atoms with Gasteiger partial charge in [-0.2, -0.15) is 0 Å². The van der Waals surface area contributed by atoms with Gasteiger partial charge in [-0.3, -0.25) is 0 Å². The number of aliphatic hydroxyl groups is 1. The maximum atomic E-state index is 13.4. The summed E-state index contributed by atoms with van der Waals surface area (Å²) in [7, 11) is 0. The van der Waals surface area contributed by atoms with Crippen molar-refractivity contribution in [2.24, 2.45) is 0 Å². The van der Waals surface area contributed by atoms with Crippen molar-refractivity contribution in [3.8, 4) is 0 Å². The fourth-order valence-corrected chi connectivity index (χ4v) is 1.51. The molecule has 0 aromatic heterocycles. The Kier molecular flexibility index (Phi) is 4.01. The molecule has 78 valence electrons. The van der Waals surface area contributed by atoms with E-state index in [-0.39, 0.29) is 16.5 Å². The van der Waals surface area contributed by atoms with Gasteiger partial charge in [0.05, 0.1) is 10.6 Å². The lowest BCUT2D eigenvalue weighted by Gasteiger charge is -2.10. The number of hydrogen-bond acceptors (Lipinski definition) is 1. The lowest BCUT2D eigenvalue weighted by Crippen LogP contribution is -2.11. The molecule has 14 heavy (non-hydrogen) atoms. The van der Waals surface area contributed by atoms with Crippen LogP contribution in [0.4, 0.5) is 8.78 Å². The van der Waals surface area contributed by atoms with Crippen molar-refractivity contribution in [1.29, 1.82) is 0 Å². The first-order valence-corrected chi connectivity index (χ1v) is 5.16. The highest BCUT2D eigenvalue weighted by atomic mass is 79.9. The number of hydrogen-bond donors (Lipinski definition) is 1. The molecule has 0 saturated carbocycles. The van der Waals surface area contributed by atoms with Crippen LogP contribution in [-0.2, 0) is 6.42 Å². The lowest BCUT2D eigenvalue weighted by atomic mass is 10.1. The largest absolute Gasteiger partial charge is 0.393 e. The van der Waals surface area contributed by atoms with Gasteiger partial charge in [0, 0.05) is 12.0 Å². The summed E-state index contributed by atoms with van der Waals surface area (Å²) in [6, 6.07) is 2.50. The molecule has 0 spiro atoms. The van der Waals surface area contributed by atoms with Gasteiger partial charge in [-0.25, -0.2) is 8.78 Å². The minimum Gasteiger partial charge on any atom is -0.393 e. The third-order valence-electron chi connectivity index (χ3n) is 2.05. The average molecular weight is 265 g/mol. The minimum absolute atomic E-state index is 0.00755. The molecule has 1 aromatic carbocycles. The van der Waals surface area contributed by atoms with Crippen LogP contribution in [0.2, 0.25) is 0 Å². The third-order valence-corrected chi connectivity index (χ3v) is 2.66. The molecule has 0 aliphatic rings. The molecular formula is C10H11BrF2O. The number of rotatable bonds is 3. The topological polar surface area (TPSA) is 20.2 Å². The van der Waals surface area contributed by atoms with Crippen LogP contribution >= 0.6 is 15.9 Å². The summed E-state index contributed by atoms with van der Waals surface area (Å²) in [4.78, 5) is 0. The number of aliphatic hydroxyl groups excluding tert-OH is 1. The first-order chi connectivity index (χ1) is 6.56. The van der Waals surface area contributed by atoms with Crippen LogP contribution in [0.5, 0.6) is 0 Å². The average Bonchev–Trinajstić information content (AvgIpc) is 2.18. The van der Waals surface area contributed by atoms with Crippen LogP contribution in [0.25, 0.3) is 0 Å². The molecule has 1 aromatic rings. The molecule has 1 rings (SSSR count). The molecule has 0 bridgehead atoms. The Balaban J connectivity index is 3.00. The smallest absolute Gasteiger partial charge is 0.143 e. The van der Waals surface area contributed by atoms with Crippen molar-refractivity contribution < 1.29 is 13.9 Å². The van der Waals surface area contributed by atoms with Crippen molar-refractivity contribution in [2.75, 3.05) is 0 Å². The van der Waals surface area contributed by atoms with Crippen molar-refractivity contribution in [1.82, 2.24) is 0 Å². The molecule has 0 amide bonds. The zero-order valence-corrected chi connectivity index (χ0v) is 9.31. The normalized spacial score (nSPS) is 12.9. The highest BCUT2D eigenvalue weighted by molar-refractivity contribution is 9.10. The Morgan fingerprint density at radius 1 is 1.43 bits per heavy atom. The van der Waals surface area contributed by atoms with Gasteiger partial charge in [0.2, 0.25) is 0 Å². The van der Waals surface area contributed by atoms with Crippen LogP contribution in [-0.4, -0.2) is 11.2 Å². The molecule has 1 nitrogen and oxygen atoms in total. The third kappa shape index (κ3) is 2.51. The van der Waals surface area contributed by atoms with E-state index < -0.39 is 17.7 Å². The molecule has 0 heterocycles. The summed E-state index contributed by atoms with van der Waals surface area (Å²) in [6.45, 7) is 1.76. The van der Waals surface area contributed by atoms with E-state index in [1.807, 2.05) is 0 Å². The van der Waals surface area contributed by atoms with Crippen LogP contribution in [0.3, 0.4) is 0 Å². The van der Waals surface area contributed by atoms with E-state index in [1.165, 1.54) is 12.1 Å². The fourth-order valence-electron chi connectivity index (χ4n) is 1.14. The van der Waals surface area contributed by atoms with Crippen LogP contribution in [0.15, 0.2) is 16.6 Å². The minimum atomic E-state index is -0.701. The zero-order chi connectivity index (χ0) is 10.7. The van der Waals surface area contributed by atoms with E-state index in [2.05, 4.69) is 15.9 Å². The van der Waals surface area contributed by atoms with Crippen molar-refractivity contribution in [3.05, 3.63) is 33.8 Å². The predicted octanol–water partition coefficient (Wildman–Crippen LogP) is 3.04. The van der Waals surface area contributed by atoms with E-state index in [0.29, 0.717) is 6.42 Å². The standard InChI is InChI=1S/C10H11BrF2O/c1-2-6(14)5-7-9(12)4-3-8(11)10(7)13/h3-4,6,14H,2,5H2,1H3. The van der Waals surface area contributed by atoms with Gasteiger partial charge < -0.3 is 5.11 Å². The second kappa shape index (κ2) is 4.84. The van der Waals surface area contributed by atoms with E-state index in [0.717, 1.165) is 0 Å². The van der Waals surface area contributed by atoms with Crippen molar-refractivity contribution >= 4 is 15.9 Å². The van der Waals surface area contributed by atoms with Gasteiger partial charge in [0.15, 0.2) is 0 Å². The summed E-state index contributed by atoms with van der Waals surface area (Å²) >= 11 is 2.97. The Hall–Kier alpha value is -0.480. The molecule has 0 fully saturated rings. The molecule has 1 unspecified atom stereocenters. The Morgan fingerprint density at radius 3 is 2.64 bits per heavy atom. The molecule has 1 N–H and O–H groups in total. The van der Waals surface area contributed by atoms with Crippen LogP contribution < -0.4 is 0 Å². The van der Waals surface area contributed by atoms with E-state index >= 15 is 0 Å². The Bertz CT molecular complexity index is 328. The lowest BCUT2D eigenvalue weighted by molar-refractivity contribution is 0.168. The predicted molar refractivity (Wildman–Crippen MR) is 54.1 cm³/mol. The summed E-state index contributed by atoms with van der Waals surface area (Å²) in [6.07, 6.45) is -0.216. The highest BCUT2D eigenvalue weighted by Crippen LogP contribution is 2.23. The van der Waals surface area contributed by atoms with Crippen LogP contribution in [0, 0.1) is 11.6 Å². The Labute approximate surface area is 89.9 Å². The van der Waals surface area contributed by atoms with Gasteiger partial charge in [-0.1, -0.05) is 6.92 Å². The van der Waals surface area contributed by atoms with Crippen molar-refractivity contribution in [2.45, 2.75) is 25.9 Å². The quantitative estimate of drug-likeness (QED) is 0.833. The number of halogens is 3. The SMILES string of the molecule is CCC(O)Cc1c(F)ccc(Br)c1F. The molecule has 0 aliphatic carbocycles. The summed E-state index contributed by atoms with van der Waals surface area (Å²) < 4.78 is 26.7. The molecule has 0 saturated heterocycles. The summed E-state index contributed by atoms with van der Waals surface area (Å²) in [5.41, 5.74) is -0.0614. The molecule has 1 atom stereocenters. The van der Waals surface area contributed by atoms with Gasteiger partial charge in [0.25, 0.3) is 0 Å². The van der Waals surface area contributed by atoms with E-state index in [4.69, 9.17) is 0 Å². The highest BCUT2D eigenvalue weighted by Gasteiger charge is 2.15. The van der Waals surface area contributed by atoms with Gasteiger partial charge in [-0.05, 0) is 34.5 Å². The zero-order valence-electron chi connectivity index (χ0n) is 7.73. The van der Waals surface area contributed by atoms with E-state index in [9.17, 15) is 13.9 Å². The molecular weight excluding hydrogens is 254 g/mol. The fraction of sp³-hybridized carbons (Fsp3) is 0.400. The van der Waals surface area contributed by atoms with E-state index in [1.54, 1.807) is 6.92 Å².